The lowest BCUT2D eigenvalue weighted by molar-refractivity contribution is -0.121. The topological polar surface area (TPSA) is 29.1 Å². The lowest BCUT2D eigenvalue weighted by Crippen LogP contribution is -2.26. The maximum Gasteiger partial charge on any atom is 0.220 e. The second kappa shape index (κ2) is 7.11. The zero-order valence-electron chi connectivity index (χ0n) is 11.5. The Morgan fingerprint density at radius 3 is 2.40 bits per heavy atom. The molecular weight excluding hydrogens is 270 g/mol. The summed E-state index contributed by atoms with van der Waals surface area (Å²) in [4.78, 5) is 11.9. The minimum atomic E-state index is -0.00413. The van der Waals surface area contributed by atoms with E-state index in [2.05, 4.69) is 5.32 Å². The highest BCUT2D eigenvalue weighted by Crippen LogP contribution is 2.16. The van der Waals surface area contributed by atoms with E-state index in [1.165, 1.54) is 5.56 Å². The summed E-state index contributed by atoms with van der Waals surface area (Å²) in [5.41, 5.74) is 2.24. The van der Waals surface area contributed by atoms with Gasteiger partial charge in [0.05, 0.1) is 6.04 Å². The number of halogens is 1. The van der Waals surface area contributed by atoms with Crippen LogP contribution < -0.4 is 5.32 Å². The Bertz CT molecular complexity index is 551. The molecule has 2 aromatic carbocycles. The lowest BCUT2D eigenvalue weighted by atomic mass is 10.1. The number of benzene rings is 2. The average Bonchev–Trinajstić information content (AvgIpc) is 2.47. The first-order chi connectivity index (χ1) is 9.65. The summed E-state index contributed by atoms with van der Waals surface area (Å²) in [6, 6.07) is 17.6. The highest BCUT2D eigenvalue weighted by molar-refractivity contribution is 6.30. The fraction of sp³-hybridized carbons (Fsp3) is 0.235. The first kappa shape index (κ1) is 14.6. The molecule has 104 valence electrons. The molecule has 2 nitrogen and oxygen atoms in total. The monoisotopic (exact) mass is 287 g/mol. The first-order valence-corrected chi connectivity index (χ1v) is 7.11. The number of rotatable bonds is 5. The molecule has 0 bridgehead atoms. The van der Waals surface area contributed by atoms with Gasteiger partial charge in [-0.1, -0.05) is 54.1 Å². The van der Waals surface area contributed by atoms with Gasteiger partial charge in [-0.05, 0) is 36.6 Å². The van der Waals surface area contributed by atoms with Gasteiger partial charge < -0.3 is 5.32 Å². The third-order valence-corrected chi connectivity index (χ3v) is 3.48. The molecule has 1 amide bonds. The predicted octanol–water partition coefficient (Wildman–Crippen LogP) is 4.15. The highest BCUT2D eigenvalue weighted by Gasteiger charge is 2.09. The minimum absolute atomic E-state index is 0.00413. The first-order valence-electron chi connectivity index (χ1n) is 6.74. The number of hydrogen-bond donors (Lipinski definition) is 1. The zero-order chi connectivity index (χ0) is 14.4. The van der Waals surface area contributed by atoms with Crippen molar-refractivity contribution in [3.63, 3.8) is 0 Å². The van der Waals surface area contributed by atoms with Crippen molar-refractivity contribution in [2.24, 2.45) is 0 Å². The smallest absolute Gasteiger partial charge is 0.220 e. The lowest BCUT2D eigenvalue weighted by Gasteiger charge is -2.14. The van der Waals surface area contributed by atoms with Gasteiger partial charge in [0.15, 0.2) is 0 Å². The van der Waals surface area contributed by atoms with Gasteiger partial charge in [-0.3, -0.25) is 4.79 Å². The van der Waals surface area contributed by atoms with Crippen LogP contribution in [0, 0.1) is 0 Å². The van der Waals surface area contributed by atoms with Crippen molar-refractivity contribution in [2.45, 2.75) is 25.8 Å². The van der Waals surface area contributed by atoms with E-state index in [-0.39, 0.29) is 11.9 Å². The number of aryl methyl sites for hydroxylation is 1. The molecule has 0 heterocycles. The van der Waals surface area contributed by atoms with Crippen LogP contribution in [-0.4, -0.2) is 5.91 Å². The van der Waals surface area contributed by atoms with Gasteiger partial charge in [0, 0.05) is 11.4 Å². The van der Waals surface area contributed by atoms with Crippen LogP contribution in [0.3, 0.4) is 0 Å². The zero-order valence-corrected chi connectivity index (χ0v) is 12.2. The van der Waals surface area contributed by atoms with Crippen LogP contribution in [0.15, 0.2) is 54.6 Å². The van der Waals surface area contributed by atoms with Gasteiger partial charge in [-0.25, -0.2) is 0 Å². The van der Waals surface area contributed by atoms with E-state index in [0.717, 1.165) is 12.0 Å². The molecule has 2 rings (SSSR count). The van der Waals surface area contributed by atoms with Crippen LogP contribution >= 0.6 is 11.6 Å². The van der Waals surface area contributed by atoms with Gasteiger partial charge in [0.1, 0.15) is 0 Å². The Morgan fingerprint density at radius 1 is 1.10 bits per heavy atom. The predicted molar refractivity (Wildman–Crippen MR) is 82.8 cm³/mol. The number of carbonyl (C=O) groups excluding carboxylic acids is 1. The van der Waals surface area contributed by atoms with E-state index in [4.69, 9.17) is 11.6 Å². The fourth-order valence-corrected chi connectivity index (χ4v) is 2.18. The van der Waals surface area contributed by atoms with Gasteiger partial charge >= 0.3 is 0 Å². The van der Waals surface area contributed by atoms with Crippen molar-refractivity contribution in [3.8, 4) is 0 Å². The Hall–Kier alpha value is -1.80. The third kappa shape index (κ3) is 4.39. The number of amides is 1. The summed E-state index contributed by atoms with van der Waals surface area (Å²) in [6.07, 6.45) is 1.27. The Labute approximate surface area is 124 Å². The third-order valence-electron chi connectivity index (χ3n) is 3.23. The van der Waals surface area contributed by atoms with Crippen LogP contribution in [-0.2, 0) is 11.2 Å². The van der Waals surface area contributed by atoms with E-state index >= 15 is 0 Å². The van der Waals surface area contributed by atoms with Gasteiger partial charge in [-0.2, -0.15) is 0 Å². The van der Waals surface area contributed by atoms with Crippen molar-refractivity contribution in [1.29, 1.82) is 0 Å². The molecule has 1 N–H and O–H groups in total. The SMILES string of the molecule is C[C@@H](NC(=O)CCc1ccccc1)c1ccc(Cl)cc1. The van der Waals surface area contributed by atoms with Crippen molar-refractivity contribution in [1.82, 2.24) is 5.32 Å². The van der Waals surface area contributed by atoms with Gasteiger partial charge in [0.2, 0.25) is 5.91 Å². The molecule has 3 heteroatoms. The molecule has 0 aliphatic heterocycles. The minimum Gasteiger partial charge on any atom is -0.350 e. The maximum absolute atomic E-state index is 11.9. The number of carbonyl (C=O) groups is 1. The van der Waals surface area contributed by atoms with E-state index in [0.29, 0.717) is 11.4 Å². The van der Waals surface area contributed by atoms with Crippen LogP contribution in [0.4, 0.5) is 0 Å². The molecule has 0 spiro atoms. The second-order valence-electron chi connectivity index (χ2n) is 4.83. The summed E-state index contributed by atoms with van der Waals surface area (Å²) in [7, 11) is 0. The quantitative estimate of drug-likeness (QED) is 0.879. The Morgan fingerprint density at radius 2 is 1.75 bits per heavy atom. The molecular formula is C17H18ClNO. The number of hydrogen-bond acceptors (Lipinski definition) is 1. The largest absolute Gasteiger partial charge is 0.350 e. The molecule has 0 saturated heterocycles. The van der Waals surface area contributed by atoms with Crippen LogP contribution in [0.2, 0.25) is 5.02 Å². The van der Waals surface area contributed by atoms with Crippen LogP contribution in [0.5, 0.6) is 0 Å². The summed E-state index contributed by atoms with van der Waals surface area (Å²) < 4.78 is 0. The molecule has 0 aliphatic rings. The van der Waals surface area contributed by atoms with E-state index in [1.807, 2.05) is 61.5 Å². The Balaban J connectivity index is 1.83. The van der Waals surface area contributed by atoms with Crippen LogP contribution in [0.25, 0.3) is 0 Å². The molecule has 0 unspecified atom stereocenters. The Kier molecular flexibility index (Phi) is 5.19. The molecule has 1 atom stereocenters. The maximum atomic E-state index is 11.9. The molecule has 0 saturated carbocycles. The second-order valence-corrected chi connectivity index (χ2v) is 5.26. The van der Waals surface area contributed by atoms with Gasteiger partial charge in [-0.15, -0.1) is 0 Å². The standard InChI is InChI=1S/C17H18ClNO/c1-13(15-8-10-16(18)11-9-15)19-17(20)12-7-14-5-3-2-4-6-14/h2-6,8-11,13H,7,12H2,1H3,(H,19,20)/t13-/m1/s1. The molecule has 0 radical (unpaired) electrons. The van der Waals surface area contributed by atoms with E-state index in [1.54, 1.807) is 0 Å². The highest BCUT2D eigenvalue weighted by atomic mass is 35.5. The van der Waals surface area contributed by atoms with Crippen molar-refractivity contribution in [2.75, 3.05) is 0 Å². The molecule has 0 fully saturated rings. The van der Waals surface area contributed by atoms with Crippen molar-refractivity contribution >= 4 is 17.5 Å². The van der Waals surface area contributed by atoms with Crippen LogP contribution in [0.1, 0.15) is 30.5 Å². The average molecular weight is 288 g/mol. The van der Waals surface area contributed by atoms with Crippen molar-refractivity contribution in [3.05, 3.63) is 70.7 Å². The van der Waals surface area contributed by atoms with E-state index < -0.39 is 0 Å². The van der Waals surface area contributed by atoms with E-state index in [9.17, 15) is 4.79 Å². The molecule has 0 aromatic heterocycles. The molecule has 0 aliphatic carbocycles. The summed E-state index contributed by atoms with van der Waals surface area (Å²) in [6.45, 7) is 1.98. The summed E-state index contributed by atoms with van der Waals surface area (Å²) >= 11 is 5.85. The molecule has 20 heavy (non-hydrogen) atoms. The van der Waals surface area contributed by atoms with Crippen molar-refractivity contribution < 1.29 is 4.79 Å². The molecule has 2 aromatic rings. The normalized spacial score (nSPS) is 11.9. The summed E-state index contributed by atoms with van der Waals surface area (Å²) in [5.74, 6) is 0.0660. The van der Waals surface area contributed by atoms with Gasteiger partial charge in [0.25, 0.3) is 0 Å². The fourth-order valence-electron chi connectivity index (χ4n) is 2.05. The summed E-state index contributed by atoms with van der Waals surface area (Å²) in [5, 5.41) is 3.71. The number of nitrogens with one attached hydrogen (secondary N) is 1.